The van der Waals surface area contributed by atoms with E-state index in [1.54, 1.807) is 0 Å². The highest BCUT2D eigenvalue weighted by Gasteiger charge is 2.22. The topological polar surface area (TPSA) is 360 Å². The number of aromatic nitrogens is 15. The van der Waals surface area contributed by atoms with Gasteiger partial charge in [-0.1, -0.05) is 52.1 Å². The minimum atomic E-state index is -0.917. The van der Waals surface area contributed by atoms with Gasteiger partial charge in [0.25, 0.3) is 11.8 Å². The van der Waals surface area contributed by atoms with E-state index in [-0.39, 0.29) is 47.2 Å². The number of hydrogen-bond donors (Lipinski definition) is 3. The van der Waals surface area contributed by atoms with Crippen molar-refractivity contribution in [3.8, 4) is 0 Å². The number of isocyanates is 1. The molecule has 6 heterocycles. The smallest absolute Gasteiger partial charge is 0.414 e. The normalized spacial score (nSPS) is 14.3. The Labute approximate surface area is 451 Å². The monoisotopic (exact) mass is 1130 g/mol. The van der Waals surface area contributed by atoms with Crippen LogP contribution in [0.1, 0.15) is 83.8 Å². The van der Waals surface area contributed by atoms with Crippen LogP contribution in [0.25, 0.3) is 16.9 Å². The van der Waals surface area contributed by atoms with Crippen LogP contribution >= 0.6 is 46.4 Å². The van der Waals surface area contributed by atoms with Crippen molar-refractivity contribution in [3.05, 3.63) is 115 Å². The van der Waals surface area contributed by atoms with Crippen molar-refractivity contribution in [2.24, 2.45) is 43.7 Å². The number of carbonyl (C=O) groups is 4. The maximum atomic E-state index is 12.2. The number of primary amides is 1. The number of nitrogens with two attached hydrogens (primary N) is 1. The second-order valence-electron chi connectivity index (χ2n) is 16.0. The maximum absolute atomic E-state index is 12.2. The summed E-state index contributed by atoms with van der Waals surface area (Å²) >= 11 is 20.2. The van der Waals surface area contributed by atoms with Crippen molar-refractivity contribution in [1.29, 1.82) is 0 Å². The summed E-state index contributed by atoms with van der Waals surface area (Å²) in [5.41, 5.74) is 7.73. The summed E-state index contributed by atoms with van der Waals surface area (Å²) in [6, 6.07) is 0. The number of ether oxygens (including phenoxy) is 1. The molecule has 6 aromatic rings. The molecule has 0 saturated heterocycles. The standard InChI is InChI=1S/C17H20N6O4.C10H16O.C7H4N6O3.C6H6N6O2.2C2H4Cl2/c1-10(2)12-6-4-11(5-7-12)8-27-16(25)19-15(24)13-14-20-21-22(3)17(26)23(14)9-18-13;1-8(2)10-5-3-9(7-11)4-6-10;1-12-7(16)13-2-8-4(5(13)10-11-12)6(15)9-3-14;1-11-6(14)12-2-8-3(4(7)13)5(12)9-10-11;2*3-1-2-4/h4,9,12H,1,5-8H2,2-3H3,(H,19,24,25);3,10-11H,1,4-7H2,2H3;2H,1H3;2H,1H3,(H2,7,13);2*1-2H2/t12-;10-;;;;/m11..../s1. The zero-order valence-electron chi connectivity index (χ0n) is 41.8. The van der Waals surface area contributed by atoms with E-state index < -0.39 is 40.9 Å². The molecule has 28 nitrogen and oxygen atoms in total. The lowest BCUT2D eigenvalue weighted by molar-refractivity contribution is 0.0921. The summed E-state index contributed by atoms with van der Waals surface area (Å²) in [6.45, 7) is 12.4. The third kappa shape index (κ3) is 17.8. The summed E-state index contributed by atoms with van der Waals surface area (Å²) in [6.07, 6.45) is 13.8. The van der Waals surface area contributed by atoms with Crippen LogP contribution in [0.15, 0.2) is 86.0 Å². The molecule has 76 heavy (non-hydrogen) atoms. The Morgan fingerprint density at radius 2 is 1.11 bits per heavy atom. The average Bonchev–Trinajstić information content (AvgIpc) is 4.18. The van der Waals surface area contributed by atoms with E-state index in [4.69, 9.17) is 62.0 Å². The number of aliphatic hydroxyl groups is 1. The van der Waals surface area contributed by atoms with Gasteiger partial charge in [-0.15, -0.1) is 66.7 Å². The fraction of sp³-hybridized carbons (Fsp3) is 0.432. The van der Waals surface area contributed by atoms with Gasteiger partial charge in [0.15, 0.2) is 34.0 Å². The molecule has 0 saturated carbocycles. The molecule has 0 aliphatic heterocycles. The van der Waals surface area contributed by atoms with Gasteiger partial charge in [0.1, 0.15) is 25.6 Å². The number of fused-ring (bicyclic) bond motifs is 3. The van der Waals surface area contributed by atoms with E-state index in [2.05, 4.69) is 82.4 Å². The van der Waals surface area contributed by atoms with E-state index in [1.165, 1.54) is 45.0 Å². The molecule has 2 aliphatic rings. The van der Waals surface area contributed by atoms with E-state index in [9.17, 15) is 38.4 Å². The SMILES string of the molecule is C=C(C)[C@@H]1CC=C(CO)CC1.C=C(C)[C@@H]1CC=C(COC(=O)NC(=O)c2ncn3c(=O)n(C)nnc23)CC1.ClCCCl.ClCCCl.Cn1nnc2c(C(=O)N=C=O)ncn2c1=O.Cn1nnc2c(C(N)=O)ncn2c1=O. The number of imidazole rings is 3. The molecule has 2 aliphatic carbocycles. The minimum absolute atomic E-state index is 0.0378. The lowest BCUT2D eigenvalue weighted by atomic mass is 9.86. The van der Waals surface area contributed by atoms with E-state index in [1.807, 2.05) is 13.0 Å². The highest BCUT2D eigenvalue weighted by Crippen LogP contribution is 2.29. The van der Waals surface area contributed by atoms with Crippen LogP contribution in [0.2, 0.25) is 0 Å². The highest BCUT2D eigenvalue weighted by molar-refractivity contribution is 6.26. The number of aryl methyl sites for hydroxylation is 3. The maximum Gasteiger partial charge on any atom is 0.414 e. The van der Waals surface area contributed by atoms with E-state index in [0.29, 0.717) is 35.4 Å². The van der Waals surface area contributed by atoms with Crippen molar-refractivity contribution in [1.82, 2.24) is 78.5 Å². The van der Waals surface area contributed by atoms with Crippen molar-refractivity contribution in [3.63, 3.8) is 0 Å². The molecule has 0 fully saturated rings. The first-order valence-corrected chi connectivity index (χ1v) is 24.6. The number of allylic oxidation sites excluding steroid dienone is 4. The fourth-order valence-corrected chi connectivity index (χ4v) is 6.52. The van der Waals surface area contributed by atoms with Gasteiger partial charge in [-0.05, 0) is 75.4 Å². The Morgan fingerprint density at radius 1 is 0.711 bits per heavy atom. The molecule has 8 rings (SSSR count). The number of halogens is 4. The fourth-order valence-electron chi connectivity index (χ4n) is 6.52. The first-order valence-electron chi connectivity index (χ1n) is 22.4. The highest BCUT2D eigenvalue weighted by atomic mass is 35.5. The molecule has 32 heteroatoms. The van der Waals surface area contributed by atoms with Gasteiger partial charge >= 0.3 is 29.1 Å². The van der Waals surface area contributed by atoms with Crippen LogP contribution in [0.5, 0.6) is 0 Å². The Morgan fingerprint density at radius 3 is 1.47 bits per heavy atom. The van der Waals surface area contributed by atoms with Crippen LogP contribution in [-0.2, 0) is 30.7 Å². The van der Waals surface area contributed by atoms with Crippen LogP contribution in [0.4, 0.5) is 4.79 Å². The van der Waals surface area contributed by atoms with Crippen molar-refractivity contribution < 1.29 is 33.8 Å². The number of hydrogen-bond acceptors (Lipinski definition) is 19. The van der Waals surface area contributed by atoms with Crippen LogP contribution in [0.3, 0.4) is 0 Å². The van der Waals surface area contributed by atoms with E-state index >= 15 is 0 Å². The molecule has 408 valence electrons. The third-order valence-corrected chi connectivity index (χ3v) is 11.8. The van der Waals surface area contributed by atoms with Crippen molar-refractivity contribution >= 4 is 93.2 Å². The number of nitrogens with one attached hydrogen (secondary N) is 1. The Balaban J connectivity index is 0.000000267. The van der Waals surface area contributed by atoms with Gasteiger partial charge in [-0.25, -0.2) is 52.1 Å². The summed E-state index contributed by atoms with van der Waals surface area (Å²) < 4.78 is 11.3. The summed E-state index contributed by atoms with van der Waals surface area (Å²) in [4.78, 5) is 105. The van der Waals surface area contributed by atoms with Crippen LogP contribution < -0.4 is 28.1 Å². The summed E-state index contributed by atoms with van der Waals surface area (Å²) in [7, 11) is 4.27. The largest absolute Gasteiger partial charge is 0.445 e. The quantitative estimate of drug-likeness (QED) is 0.0767. The molecule has 0 unspecified atom stereocenters. The van der Waals surface area contributed by atoms with Gasteiger partial charge in [0, 0.05) is 44.7 Å². The number of aliphatic imine (C=N–C) groups is 1. The third-order valence-electron chi connectivity index (χ3n) is 10.6. The van der Waals surface area contributed by atoms with Crippen LogP contribution in [0, 0.1) is 11.8 Å². The number of amides is 4. The summed E-state index contributed by atoms with van der Waals surface area (Å²) in [5, 5.41) is 32.5. The van der Waals surface area contributed by atoms with Crippen LogP contribution in [-0.4, -0.2) is 145 Å². The predicted octanol–water partition coefficient (Wildman–Crippen LogP) is 2.42. The van der Waals surface area contributed by atoms with Gasteiger partial charge in [0.2, 0.25) is 6.08 Å². The lowest BCUT2D eigenvalue weighted by Gasteiger charge is -2.21. The first-order chi connectivity index (χ1) is 36.2. The molecule has 2 atom stereocenters. The second-order valence-corrected chi connectivity index (χ2v) is 17.5. The number of alkyl halides is 4. The number of carbonyl (C=O) groups excluding carboxylic acids is 5. The Hall–Kier alpha value is -7.62. The number of alkyl carbamates (subject to hydrolysis) is 1. The zero-order valence-corrected chi connectivity index (χ0v) is 44.8. The van der Waals surface area contributed by atoms with Crippen molar-refractivity contribution in [2.75, 3.05) is 36.7 Å². The van der Waals surface area contributed by atoms with E-state index in [0.717, 1.165) is 89.2 Å². The van der Waals surface area contributed by atoms with Gasteiger partial charge in [0.05, 0.1) is 6.61 Å². The predicted molar refractivity (Wildman–Crippen MR) is 278 cm³/mol. The molecular formula is C44H54Cl4N18O10. The van der Waals surface area contributed by atoms with Gasteiger partial charge in [-0.3, -0.25) is 19.7 Å². The Bertz CT molecular complexity index is 3330. The molecule has 0 bridgehead atoms. The Kier molecular flexibility index (Phi) is 25.8. The second kappa shape index (κ2) is 31.3. The average molecular weight is 1140 g/mol. The number of imide groups is 1. The molecule has 0 spiro atoms. The number of aliphatic hydroxyl groups excluding tert-OH is 1. The minimum Gasteiger partial charge on any atom is -0.445 e. The number of nitrogens with zero attached hydrogens (tertiary/aromatic N) is 16. The van der Waals surface area contributed by atoms with Gasteiger partial charge < -0.3 is 15.6 Å². The summed E-state index contributed by atoms with van der Waals surface area (Å²) in [5.74, 6) is 0.879. The molecule has 4 N–H and O–H groups in total. The molecule has 4 amide bonds. The number of rotatable bonds is 10. The van der Waals surface area contributed by atoms with Crippen molar-refractivity contribution in [2.45, 2.75) is 52.4 Å². The lowest BCUT2D eigenvalue weighted by Crippen LogP contribution is -2.33. The zero-order chi connectivity index (χ0) is 56.6. The molecule has 0 aromatic carbocycles. The molecule has 6 aromatic heterocycles. The molecular weight excluding hydrogens is 1080 g/mol. The first kappa shape index (κ1) is 62.7. The van der Waals surface area contributed by atoms with Gasteiger partial charge in [-0.2, -0.15) is 14.0 Å². The molecule has 0 radical (unpaired) electrons.